The lowest BCUT2D eigenvalue weighted by Gasteiger charge is -2.14. The molecule has 1 aromatic heterocycles. The maximum atomic E-state index is 12.5. The molecule has 2 aromatic carbocycles. The number of amides is 1. The van der Waals surface area contributed by atoms with Gasteiger partial charge < -0.3 is 16.0 Å². The summed E-state index contributed by atoms with van der Waals surface area (Å²) in [6, 6.07) is 15.9. The van der Waals surface area contributed by atoms with Crippen LogP contribution in [0.25, 0.3) is 10.9 Å². The van der Waals surface area contributed by atoms with Gasteiger partial charge >= 0.3 is 0 Å². The van der Waals surface area contributed by atoms with E-state index in [-0.39, 0.29) is 11.2 Å². The van der Waals surface area contributed by atoms with E-state index in [0.717, 1.165) is 28.9 Å². The molecule has 25 heavy (non-hydrogen) atoms. The molecule has 1 amide bonds. The molecule has 130 valence electrons. The van der Waals surface area contributed by atoms with Crippen LogP contribution in [0, 0.1) is 0 Å². The normalized spacial score (nSPS) is 12.2. The third kappa shape index (κ3) is 4.37. The maximum absolute atomic E-state index is 12.5. The van der Waals surface area contributed by atoms with Crippen LogP contribution in [0.1, 0.15) is 18.9 Å². The molecule has 0 aliphatic rings. The van der Waals surface area contributed by atoms with Gasteiger partial charge in [-0.3, -0.25) is 4.79 Å². The molecule has 0 aliphatic carbocycles. The number of aromatic nitrogens is 1. The molecule has 0 aliphatic heterocycles. The number of carbonyl (C=O) groups is 1. The summed E-state index contributed by atoms with van der Waals surface area (Å²) in [5.41, 5.74) is 8.81. The number of hydrogen-bond acceptors (Lipinski definition) is 3. The van der Waals surface area contributed by atoms with Gasteiger partial charge in [-0.25, -0.2) is 0 Å². The van der Waals surface area contributed by atoms with E-state index in [2.05, 4.69) is 22.4 Å². The Morgan fingerprint density at radius 1 is 1.20 bits per heavy atom. The minimum Gasteiger partial charge on any atom is -0.399 e. The van der Waals surface area contributed by atoms with Crippen molar-refractivity contribution in [2.45, 2.75) is 29.9 Å². The maximum Gasteiger partial charge on any atom is 0.233 e. The van der Waals surface area contributed by atoms with Crippen molar-refractivity contribution in [1.82, 2.24) is 10.3 Å². The van der Waals surface area contributed by atoms with Gasteiger partial charge in [0, 0.05) is 34.2 Å². The number of benzene rings is 2. The number of anilines is 1. The second-order valence-electron chi connectivity index (χ2n) is 5.98. The summed E-state index contributed by atoms with van der Waals surface area (Å²) in [6.07, 6.45) is 3.63. The average molecular weight is 353 g/mol. The van der Waals surface area contributed by atoms with Crippen LogP contribution in [0.2, 0.25) is 0 Å². The van der Waals surface area contributed by atoms with Crippen molar-refractivity contribution >= 4 is 34.3 Å². The highest BCUT2D eigenvalue weighted by atomic mass is 32.2. The number of hydrogen-bond donors (Lipinski definition) is 3. The van der Waals surface area contributed by atoms with Gasteiger partial charge in [0.05, 0.1) is 5.25 Å². The number of nitrogen functional groups attached to an aromatic ring is 1. The lowest BCUT2D eigenvalue weighted by Crippen LogP contribution is -2.33. The number of fused-ring (bicyclic) bond motifs is 1. The molecule has 0 bridgehead atoms. The summed E-state index contributed by atoms with van der Waals surface area (Å²) in [4.78, 5) is 16.8. The van der Waals surface area contributed by atoms with Crippen molar-refractivity contribution in [3.63, 3.8) is 0 Å². The smallest absolute Gasteiger partial charge is 0.233 e. The van der Waals surface area contributed by atoms with E-state index in [1.165, 1.54) is 10.9 Å². The molecule has 0 saturated heterocycles. The van der Waals surface area contributed by atoms with Gasteiger partial charge in [-0.2, -0.15) is 0 Å². The van der Waals surface area contributed by atoms with Crippen LogP contribution in [-0.2, 0) is 11.2 Å². The number of aromatic amines is 1. The molecule has 1 unspecified atom stereocenters. The SMILES string of the molecule is CCC(Sc1ccc(N)cc1)C(=O)NCCc1c[nH]c2ccccc12. The quantitative estimate of drug-likeness (QED) is 0.444. The van der Waals surface area contributed by atoms with E-state index < -0.39 is 0 Å². The predicted octanol–water partition coefficient (Wildman–Crippen LogP) is 3.98. The molecular weight excluding hydrogens is 330 g/mol. The second kappa shape index (κ2) is 8.12. The number of nitrogens with two attached hydrogens (primary N) is 1. The Morgan fingerprint density at radius 3 is 2.72 bits per heavy atom. The highest BCUT2D eigenvalue weighted by Crippen LogP contribution is 2.26. The Kier molecular flexibility index (Phi) is 5.66. The van der Waals surface area contributed by atoms with Crippen LogP contribution >= 0.6 is 11.8 Å². The number of rotatable bonds is 7. The van der Waals surface area contributed by atoms with Gasteiger partial charge in [0.1, 0.15) is 0 Å². The molecule has 4 N–H and O–H groups in total. The van der Waals surface area contributed by atoms with E-state index in [9.17, 15) is 4.79 Å². The largest absolute Gasteiger partial charge is 0.399 e. The van der Waals surface area contributed by atoms with Crippen molar-refractivity contribution in [2.24, 2.45) is 0 Å². The van der Waals surface area contributed by atoms with Gasteiger partial charge in [0.15, 0.2) is 0 Å². The topological polar surface area (TPSA) is 70.9 Å². The molecule has 1 atom stereocenters. The minimum absolute atomic E-state index is 0.0872. The third-order valence-corrected chi connectivity index (χ3v) is 5.57. The molecule has 0 fully saturated rings. The van der Waals surface area contributed by atoms with E-state index in [0.29, 0.717) is 6.54 Å². The highest BCUT2D eigenvalue weighted by Gasteiger charge is 2.17. The van der Waals surface area contributed by atoms with E-state index in [1.54, 1.807) is 11.8 Å². The zero-order valence-corrected chi connectivity index (χ0v) is 15.1. The van der Waals surface area contributed by atoms with Crippen LogP contribution in [0.3, 0.4) is 0 Å². The predicted molar refractivity (Wildman–Crippen MR) is 106 cm³/mol. The Balaban J connectivity index is 1.54. The molecule has 0 spiro atoms. The first-order valence-electron chi connectivity index (χ1n) is 8.52. The summed E-state index contributed by atoms with van der Waals surface area (Å²) >= 11 is 1.58. The molecule has 3 rings (SSSR count). The standard InChI is InChI=1S/C20H23N3OS/c1-2-19(25-16-9-7-15(21)8-10-16)20(24)22-12-11-14-13-23-18-6-4-3-5-17(14)18/h3-10,13,19,23H,2,11-12,21H2,1H3,(H,22,24). The second-order valence-corrected chi connectivity index (χ2v) is 7.26. The first-order chi connectivity index (χ1) is 12.2. The summed E-state index contributed by atoms with van der Waals surface area (Å²) in [5.74, 6) is 0.0872. The zero-order valence-electron chi connectivity index (χ0n) is 14.3. The van der Waals surface area contributed by atoms with Gasteiger partial charge in [-0.15, -0.1) is 11.8 Å². The first kappa shape index (κ1) is 17.4. The Labute approximate surface area is 152 Å². The number of thioether (sulfide) groups is 1. The monoisotopic (exact) mass is 353 g/mol. The molecule has 3 aromatic rings. The number of H-pyrrole nitrogens is 1. The van der Waals surface area contributed by atoms with Crippen molar-refractivity contribution in [2.75, 3.05) is 12.3 Å². The molecule has 0 saturated carbocycles. The summed E-state index contributed by atoms with van der Waals surface area (Å²) in [5, 5.41) is 4.20. The Bertz CT molecular complexity index is 842. The summed E-state index contributed by atoms with van der Waals surface area (Å²) in [7, 11) is 0. The van der Waals surface area contributed by atoms with E-state index >= 15 is 0 Å². The number of carbonyl (C=O) groups excluding carboxylic acids is 1. The van der Waals surface area contributed by atoms with Crippen LogP contribution in [0.4, 0.5) is 5.69 Å². The van der Waals surface area contributed by atoms with Gasteiger partial charge in [-0.1, -0.05) is 25.1 Å². The van der Waals surface area contributed by atoms with Crippen molar-refractivity contribution in [1.29, 1.82) is 0 Å². The fraction of sp³-hybridized carbons (Fsp3) is 0.250. The first-order valence-corrected chi connectivity index (χ1v) is 9.40. The minimum atomic E-state index is -0.0911. The number of para-hydroxylation sites is 1. The summed E-state index contributed by atoms with van der Waals surface area (Å²) < 4.78 is 0. The van der Waals surface area contributed by atoms with Crippen molar-refractivity contribution in [3.05, 3.63) is 60.3 Å². The molecule has 5 heteroatoms. The van der Waals surface area contributed by atoms with Crippen molar-refractivity contribution < 1.29 is 4.79 Å². The van der Waals surface area contributed by atoms with E-state index in [4.69, 9.17) is 5.73 Å². The molecule has 4 nitrogen and oxygen atoms in total. The fourth-order valence-corrected chi connectivity index (χ4v) is 3.78. The lowest BCUT2D eigenvalue weighted by molar-refractivity contribution is -0.120. The Morgan fingerprint density at radius 2 is 1.96 bits per heavy atom. The van der Waals surface area contributed by atoms with Gasteiger partial charge in [0.25, 0.3) is 0 Å². The Hall–Kier alpha value is -2.40. The summed E-state index contributed by atoms with van der Waals surface area (Å²) in [6.45, 7) is 2.67. The van der Waals surface area contributed by atoms with Gasteiger partial charge in [-0.05, 0) is 48.7 Å². The lowest BCUT2D eigenvalue weighted by atomic mass is 10.1. The fourth-order valence-electron chi connectivity index (χ4n) is 2.81. The van der Waals surface area contributed by atoms with Gasteiger partial charge in [0.2, 0.25) is 5.91 Å². The molecule has 1 heterocycles. The van der Waals surface area contributed by atoms with Crippen LogP contribution in [0.15, 0.2) is 59.6 Å². The molecular formula is C20H23N3OS. The van der Waals surface area contributed by atoms with E-state index in [1.807, 2.05) is 49.5 Å². The third-order valence-electron chi connectivity index (χ3n) is 4.19. The molecule has 0 radical (unpaired) electrons. The van der Waals surface area contributed by atoms with Crippen LogP contribution in [-0.4, -0.2) is 22.7 Å². The van der Waals surface area contributed by atoms with Crippen LogP contribution < -0.4 is 11.1 Å². The van der Waals surface area contributed by atoms with Crippen LogP contribution in [0.5, 0.6) is 0 Å². The van der Waals surface area contributed by atoms with Crippen molar-refractivity contribution in [3.8, 4) is 0 Å². The highest BCUT2D eigenvalue weighted by molar-refractivity contribution is 8.00. The number of nitrogens with one attached hydrogen (secondary N) is 2. The zero-order chi connectivity index (χ0) is 17.6. The average Bonchev–Trinajstić information content (AvgIpc) is 3.04.